The average molecular weight is 296 g/mol. The molecule has 1 heterocycles. The molecule has 0 aliphatic rings. The molecule has 0 saturated carbocycles. The second-order valence-electron chi connectivity index (χ2n) is 4.08. The average Bonchev–Trinajstić information content (AvgIpc) is 2.86. The van der Waals surface area contributed by atoms with Crippen molar-refractivity contribution in [3.8, 4) is 5.69 Å². The molecule has 0 aliphatic carbocycles. The van der Waals surface area contributed by atoms with Gasteiger partial charge in [-0.25, -0.2) is 10.2 Å². The van der Waals surface area contributed by atoms with Crippen LogP contribution in [0, 0.1) is 0 Å². The van der Waals surface area contributed by atoms with Crippen LogP contribution in [0.3, 0.4) is 0 Å². The Kier molecular flexibility index (Phi) is 3.97. The van der Waals surface area contributed by atoms with Gasteiger partial charge in [0.15, 0.2) is 0 Å². The van der Waals surface area contributed by atoms with Gasteiger partial charge in [0.2, 0.25) is 0 Å². The number of hydrogen-bond donors (Lipinski definition) is 2. The molecule has 0 aliphatic heterocycles. The zero-order valence-corrected chi connectivity index (χ0v) is 10.6. The molecule has 0 spiro atoms. The Bertz CT molecular complexity index is 659. The molecule has 1 aromatic carbocycles. The predicted molar refractivity (Wildman–Crippen MR) is 71.1 cm³/mol. The minimum atomic E-state index is -4.37. The van der Waals surface area contributed by atoms with Gasteiger partial charge in [0, 0.05) is 11.9 Å². The summed E-state index contributed by atoms with van der Waals surface area (Å²) in [5, 5.41) is 3.61. The zero-order valence-electron chi connectivity index (χ0n) is 10.6. The van der Waals surface area contributed by atoms with E-state index in [9.17, 15) is 18.0 Å². The lowest BCUT2D eigenvalue weighted by atomic mass is 10.2. The fourth-order valence-electron chi connectivity index (χ4n) is 1.71. The number of hydrogen-bond acceptors (Lipinski definition) is 2. The minimum Gasteiger partial charge on any atom is -0.350 e. The quantitative estimate of drug-likeness (QED) is 0.663. The van der Waals surface area contributed by atoms with Crippen molar-refractivity contribution >= 4 is 12.2 Å². The van der Waals surface area contributed by atoms with Crippen LogP contribution in [0.25, 0.3) is 5.69 Å². The van der Waals surface area contributed by atoms with Crippen molar-refractivity contribution in [3.63, 3.8) is 0 Å². The number of benzene rings is 1. The molecule has 0 unspecified atom stereocenters. The fraction of sp³-hybridized carbons (Fsp3) is 0.0769. The van der Waals surface area contributed by atoms with Gasteiger partial charge in [-0.1, -0.05) is 0 Å². The van der Waals surface area contributed by atoms with Crippen LogP contribution in [-0.2, 0) is 6.18 Å². The minimum absolute atomic E-state index is 0.536. The normalized spacial score (nSPS) is 11.8. The lowest BCUT2D eigenvalue weighted by molar-refractivity contribution is -0.137. The predicted octanol–water partition coefficient (Wildman–Crippen LogP) is 2.50. The summed E-state index contributed by atoms with van der Waals surface area (Å²) in [5.41, 5.74) is 7.29. The number of urea groups is 1. The van der Waals surface area contributed by atoms with Crippen LogP contribution < -0.4 is 11.2 Å². The number of primary amides is 1. The third kappa shape index (κ3) is 3.62. The van der Waals surface area contributed by atoms with E-state index in [1.165, 1.54) is 18.3 Å². The first-order chi connectivity index (χ1) is 9.88. The van der Waals surface area contributed by atoms with Crippen LogP contribution in [0.15, 0.2) is 47.7 Å². The third-order valence-electron chi connectivity index (χ3n) is 2.62. The Labute approximate surface area is 117 Å². The molecule has 0 radical (unpaired) electrons. The highest BCUT2D eigenvalue weighted by Crippen LogP contribution is 2.29. The molecule has 2 rings (SSSR count). The highest BCUT2D eigenvalue weighted by atomic mass is 19.4. The van der Waals surface area contributed by atoms with Crippen molar-refractivity contribution in [1.82, 2.24) is 9.99 Å². The van der Waals surface area contributed by atoms with Gasteiger partial charge in [-0.05, 0) is 36.4 Å². The van der Waals surface area contributed by atoms with Gasteiger partial charge < -0.3 is 10.3 Å². The number of amides is 2. The number of rotatable bonds is 3. The molecule has 3 N–H and O–H groups in total. The Morgan fingerprint density at radius 2 is 1.90 bits per heavy atom. The number of hydrazone groups is 1. The van der Waals surface area contributed by atoms with Crippen molar-refractivity contribution in [2.24, 2.45) is 10.8 Å². The second-order valence-corrected chi connectivity index (χ2v) is 4.08. The van der Waals surface area contributed by atoms with E-state index in [2.05, 4.69) is 5.10 Å². The molecular formula is C13H11F3N4O. The number of aromatic nitrogens is 1. The number of nitrogens with one attached hydrogen (secondary N) is 1. The van der Waals surface area contributed by atoms with E-state index in [1.54, 1.807) is 22.9 Å². The number of halogens is 3. The van der Waals surface area contributed by atoms with Gasteiger partial charge >= 0.3 is 12.2 Å². The Morgan fingerprint density at radius 3 is 2.48 bits per heavy atom. The largest absolute Gasteiger partial charge is 0.416 e. The summed E-state index contributed by atoms with van der Waals surface area (Å²) in [6, 6.07) is 7.27. The summed E-state index contributed by atoms with van der Waals surface area (Å²) in [5.74, 6) is 0. The summed E-state index contributed by atoms with van der Waals surface area (Å²) in [7, 11) is 0. The maximum absolute atomic E-state index is 12.5. The van der Waals surface area contributed by atoms with E-state index < -0.39 is 17.8 Å². The van der Waals surface area contributed by atoms with E-state index in [0.29, 0.717) is 11.4 Å². The Hall–Kier alpha value is -2.77. The summed E-state index contributed by atoms with van der Waals surface area (Å²) in [6.07, 6.45) is -1.37. The molecule has 2 amide bonds. The molecule has 0 fully saturated rings. The monoisotopic (exact) mass is 296 g/mol. The maximum Gasteiger partial charge on any atom is 0.416 e. The molecule has 0 atom stereocenters. The van der Waals surface area contributed by atoms with Crippen LogP contribution in [0.4, 0.5) is 18.0 Å². The number of nitrogens with two attached hydrogens (primary N) is 1. The summed E-state index contributed by atoms with van der Waals surface area (Å²) in [6.45, 7) is 0. The molecule has 2 aromatic rings. The van der Waals surface area contributed by atoms with E-state index in [-0.39, 0.29) is 0 Å². The van der Waals surface area contributed by atoms with E-state index >= 15 is 0 Å². The Balaban J connectivity index is 2.25. The first-order valence-electron chi connectivity index (χ1n) is 5.81. The van der Waals surface area contributed by atoms with Crippen molar-refractivity contribution in [3.05, 3.63) is 53.9 Å². The summed E-state index contributed by atoms with van der Waals surface area (Å²) >= 11 is 0. The SMILES string of the molecule is NC(=O)NN=Cc1cccn1-c1ccc(C(F)(F)F)cc1. The van der Waals surface area contributed by atoms with E-state index in [4.69, 9.17) is 5.73 Å². The van der Waals surface area contributed by atoms with Gasteiger partial charge in [0.05, 0.1) is 17.5 Å². The molecule has 8 heteroatoms. The van der Waals surface area contributed by atoms with Gasteiger partial charge in [0.25, 0.3) is 0 Å². The molecule has 0 bridgehead atoms. The third-order valence-corrected chi connectivity index (χ3v) is 2.62. The lowest BCUT2D eigenvalue weighted by Crippen LogP contribution is -2.24. The van der Waals surface area contributed by atoms with Crippen molar-refractivity contribution in [2.45, 2.75) is 6.18 Å². The Morgan fingerprint density at radius 1 is 1.24 bits per heavy atom. The molecule has 21 heavy (non-hydrogen) atoms. The van der Waals surface area contributed by atoms with Gasteiger partial charge in [-0.2, -0.15) is 18.3 Å². The van der Waals surface area contributed by atoms with Crippen LogP contribution in [-0.4, -0.2) is 16.8 Å². The second kappa shape index (κ2) is 5.70. The van der Waals surface area contributed by atoms with Gasteiger partial charge in [0.1, 0.15) is 0 Å². The number of alkyl halides is 3. The standard InChI is InChI=1S/C13H11F3N4O/c14-13(15,16)9-3-5-10(6-4-9)20-7-1-2-11(20)8-18-19-12(17)21/h1-8H,(H3,17,19,21). The summed E-state index contributed by atoms with van der Waals surface area (Å²) < 4.78 is 39.1. The topological polar surface area (TPSA) is 72.4 Å². The molecular weight excluding hydrogens is 285 g/mol. The molecule has 5 nitrogen and oxygen atoms in total. The van der Waals surface area contributed by atoms with Crippen LogP contribution in [0.2, 0.25) is 0 Å². The number of nitrogens with zero attached hydrogens (tertiary/aromatic N) is 2. The number of carbonyl (C=O) groups excluding carboxylic acids is 1. The fourth-order valence-corrected chi connectivity index (χ4v) is 1.71. The van der Waals surface area contributed by atoms with Crippen molar-refractivity contribution in [1.29, 1.82) is 0 Å². The number of carbonyl (C=O) groups is 1. The van der Waals surface area contributed by atoms with Gasteiger partial charge in [-0.3, -0.25) is 0 Å². The highest BCUT2D eigenvalue weighted by Gasteiger charge is 2.29. The molecule has 1 aromatic heterocycles. The van der Waals surface area contributed by atoms with E-state index in [0.717, 1.165) is 12.1 Å². The maximum atomic E-state index is 12.5. The van der Waals surface area contributed by atoms with Gasteiger partial charge in [-0.15, -0.1) is 0 Å². The smallest absolute Gasteiger partial charge is 0.350 e. The lowest BCUT2D eigenvalue weighted by Gasteiger charge is -2.09. The van der Waals surface area contributed by atoms with Crippen LogP contribution in [0.1, 0.15) is 11.3 Å². The highest BCUT2D eigenvalue weighted by molar-refractivity contribution is 5.80. The van der Waals surface area contributed by atoms with Crippen LogP contribution >= 0.6 is 0 Å². The van der Waals surface area contributed by atoms with Crippen LogP contribution in [0.5, 0.6) is 0 Å². The summed E-state index contributed by atoms with van der Waals surface area (Å²) in [4.78, 5) is 10.5. The first kappa shape index (κ1) is 14.6. The zero-order chi connectivity index (χ0) is 15.5. The molecule has 0 saturated heterocycles. The van der Waals surface area contributed by atoms with Crippen molar-refractivity contribution < 1.29 is 18.0 Å². The molecule has 110 valence electrons. The van der Waals surface area contributed by atoms with Crippen molar-refractivity contribution in [2.75, 3.05) is 0 Å². The van der Waals surface area contributed by atoms with E-state index in [1.807, 2.05) is 5.43 Å². The first-order valence-corrected chi connectivity index (χ1v) is 5.81.